The molecule has 3 aromatic rings. The number of alkyl halides is 2. The van der Waals surface area contributed by atoms with Gasteiger partial charge in [0.15, 0.2) is 0 Å². The van der Waals surface area contributed by atoms with Crippen molar-refractivity contribution in [1.29, 1.82) is 0 Å². The number of hydrogen-bond donors (Lipinski definition) is 2. The summed E-state index contributed by atoms with van der Waals surface area (Å²) in [5.74, 6) is 0.414. The summed E-state index contributed by atoms with van der Waals surface area (Å²) in [7, 11) is 0. The molecule has 2 amide bonds. The van der Waals surface area contributed by atoms with Gasteiger partial charge in [-0.1, -0.05) is 51.2 Å². The average molecular weight is 730 g/mol. The van der Waals surface area contributed by atoms with Crippen LogP contribution in [-0.4, -0.2) is 53.6 Å². The molecule has 12 heteroatoms. The summed E-state index contributed by atoms with van der Waals surface area (Å²) in [4.78, 5) is 39.5. The van der Waals surface area contributed by atoms with Crippen LogP contribution in [0.2, 0.25) is 0 Å². The second-order valence-electron chi connectivity index (χ2n) is 8.51. The van der Waals surface area contributed by atoms with Crippen molar-refractivity contribution in [3.63, 3.8) is 0 Å². The van der Waals surface area contributed by atoms with Gasteiger partial charge in [0.2, 0.25) is 5.95 Å². The van der Waals surface area contributed by atoms with E-state index in [9.17, 15) is 14.0 Å². The topological polar surface area (TPSA) is 100 Å². The molecule has 2 aromatic heterocycles. The molecule has 0 radical (unpaired) electrons. The summed E-state index contributed by atoms with van der Waals surface area (Å²) in [6.45, 7) is 3.11. The number of anilines is 1. The van der Waals surface area contributed by atoms with E-state index in [2.05, 4.69) is 75.7 Å². The molecule has 186 valence electrons. The number of halogens is 3. The first-order valence-corrected chi connectivity index (χ1v) is 14.5. The van der Waals surface area contributed by atoms with E-state index in [1.807, 2.05) is 12.1 Å². The highest BCUT2D eigenvalue weighted by atomic mass is 127. The number of nitrogens with zero attached hydrogens (tertiary/aromatic N) is 4. The molecule has 3 atom stereocenters. The highest BCUT2D eigenvalue weighted by Crippen LogP contribution is 2.31. The van der Waals surface area contributed by atoms with Gasteiger partial charge in [0, 0.05) is 45.6 Å². The Hall–Kier alpha value is -1.91. The third-order valence-corrected chi connectivity index (χ3v) is 9.43. The SMILES string of the molecule is O=C1NC(=O)/C(=C/c2ccnc(N3C[C@@H](I)C(CNCc4ccc5cc(F)ccc5n4)[C@@H](I)C3)n2)S1. The van der Waals surface area contributed by atoms with E-state index in [0.29, 0.717) is 36.9 Å². The van der Waals surface area contributed by atoms with Crippen LogP contribution in [0.25, 0.3) is 17.0 Å². The summed E-state index contributed by atoms with van der Waals surface area (Å²) in [5, 5.41) is 6.23. The number of piperidine rings is 1. The fraction of sp³-hybridized carbons (Fsp3) is 0.292. The number of hydrogen-bond acceptors (Lipinski definition) is 8. The first kappa shape index (κ1) is 25.7. The van der Waals surface area contributed by atoms with E-state index in [1.54, 1.807) is 24.4 Å². The summed E-state index contributed by atoms with van der Waals surface area (Å²) >= 11 is 5.88. The number of nitrogens with one attached hydrogen (secondary N) is 2. The van der Waals surface area contributed by atoms with Crippen molar-refractivity contribution in [2.24, 2.45) is 5.92 Å². The van der Waals surface area contributed by atoms with E-state index >= 15 is 0 Å². The van der Waals surface area contributed by atoms with Gasteiger partial charge in [-0.2, -0.15) is 0 Å². The lowest BCUT2D eigenvalue weighted by molar-refractivity contribution is -0.115. The summed E-state index contributed by atoms with van der Waals surface area (Å²) in [5.41, 5.74) is 2.31. The fourth-order valence-electron chi connectivity index (χ4n) is 4.17. The molecule has 0 saturated carbocycles. The molecule has 0 aliphatic carbocycles. The molecule has 2 aliphatic heterocycles. The predicted octanol–water partition coefficient (Wildman–Crippen LogP) is 4.32. The maximum absolute atomic E-state index is 13.4. The summed E-state index contributed by atoms with van der Waals surface area (Å²) in [6, 6.07) is 10.2. The summed E-state index contributed by atoms with van der Waals surface area (Å²) < 4.78 is 14.1. The van der Waals surface area contributed by atoms with E-state index in [4.69, 9.17) is 0 Å². The minimum Gasteiger partial charge on any atom is -0.339 e. The van der Waals surface area contributed by atoms with Crippen molar-refractivity contribution in [3.05, 3.63) is 64.7 Å². The van der Waals surface area contributed by atoms with Crippen molar-refractivity contribution < 1.29 is 14.0 Å². The molecular formula is C24H21FI2N6O2S. The number of amides is 2. The van der Waals surface area contributed by atoms with Crippen molar-refractivity contribution in [2.75, 3.05) is 24.5 Å². The van der Waals surface area contributed by atoms with Gasteiger partial charge in [0.1, 0.15) is 5.82 Å². The van der Waals surface area contributed by atoms with Gasteiger partial charge in [-0.25, -0.2) is 14.4 Å². The number of aromatic nitrogens is 3. The van der Waals surface area contributed by atoms with Crippen molar-refractivity contribution in [2.45, 2.75) is 14.4 Å². The Morgan fingerprint density at radius 2 is 1.94 bits per heavy atom. The quantitative estimate of drug-likeness (QED) is 0.220. The van der Waals surface area contributed by atoms with E-state index in [-0.39, 0.29) is 11.1 Å². The number of imide groups is 1. The molecular weight excluding hydrogens is 709 g/mol. The molecule has 0 bridgehead atoms. The Kier molecular flexibility index (Phi) is 8.02. The van der Waals surface area contributed by atoms with Crippen LogP contribution in [0.1, 0.15) is 11.4 Å². The second kappa shape index (κ2) is 11.2. The van der Waals surface area contributed by atoms with Gasteiger partial charge in [0.05, 0.1) is 21.8 Å². The first-order chi connectivity index (χ1) is 17.4. The normalized spacial score (nSPS) is 23.5. The summed E-state index contributed by atoms with van der Waals surface area (Å²) in [6.07, 6.45) is 3.30. The molecule has 1 aromatic carbocycles. The number of pyridine rings is 1. The Balaban J connectivity index is 1.19. The van der Waals surface area contributed by atoms with Crippen LogP contribution in [0.5, 0.6) is 0 Å². The standard InChI is InChI=1S/C24H21FI2N6O2S/c25-14-2-4-20-13(7-14)1-3-16(30-20)9-28-10-17-18(26)11-33(12-19(17)27)23-29-6-5-15(31-23)8-21-22(34)32-24(35)36-21/h1-8,17-19,28H,9-12H2,(H,32,34,35)/b21-8-/t17?,18-,19+. The van der Waals surface area contributed by atoms with Crippen LogP contribution in [-0.2, 0) is 11.3 Å². The van der Waals surface area contributed by atoms with Crippen molar-refractivity contribution >= 4 is 91.0 Å². The Morgan fingerprint density at radius 1 is 1.14 bits per heavy atom. The molecule has 0 spiro atoms. The fourth-order valence-corrected chi connectivity index (χ4v) is 8.09. The Labute approximate surface area is 238 Å². The zero-order valence-corrected chi connectivity index (χ0v) is 24.0. The van der Waals surface area contributed by atoms with Crippen LogP contribution in [0, 0.1) is 11.7 Å². The van der Waals surface area contributed by atoms with Crippen LogP contribution in [0.15, 0.2) is 47.5 Å². The van der Waals surface area contributed by atoms with E-state index in [0.717, 1.165) is 48.0 Å². The molecule has 4 heterocycles. The average Bonchev–Trinajstić information content (AvgIpc) is 3.17. The molecule has 8 nitrogen and oxygen atoms in total. The number of thioether (sulfide) groups is 1. The van der Waals surface area contributed by atoms with Crippen LogP contribution in [0.4, 0.5) is 15.1 Å². The van der Waals surface area contributed by atoms with Crippen LogP contribution in [0.3, 0.4) is 0 Å². The zero-order chi connectivity index (χ0) is 25.2. The lowest BCUT2D eigenvalue weighted by atomic mass is 9.96. The number of fused-ring (bicyclic) bond motifs is 1. The molecule has 1 unspecified atom stereocenters. The van der Waals surface area contributed by atoms with Gasteiger partial charge in [0.25, 0.3) is 11.1 Å². The third-order valence-electron chi connectivity index (χ3n) is 5.98. The largest absolute Gasteiger partial charge is 0.339 e. The molecule has 2 N–H and O–H groups in total. The molecule has 2 aliphatic rings. The highest BCUT2D eigenvalue weighted by Gasteiger charge is 2.35. The van der Waals surface area contributed by atoms with Crippen molar-refractivity contribution in [1.82, 2.24) is 25.6 Å². The molecule has 5 rings (SSSR count). The smallest absolute Gasteiger partial charge is 0.290 e. The molecule has 36 heavy (non-hydrogen) atoms. The zero-order valence-electron chi connectivity index (χ0n) is 18.8. The maximum atomic E-state index is 13.4. The number of rotatable bonds is 6. The highest BCUT2D eigenvalue weighted by molar-refractivity contribution is 14.1. The van der Waals surface area contributed by atoms with Gasteiger partial charge >= 0.3 is 0 Å². The number of carbonyl (C=O) groups is 2. The van der Waals surface area contributed by atoms with Gasteiger partial charge in [-0.05, 0) is 54.1 Å². The third kappa shape index (κ3) is 5.97. The van der Waals surface area contributed by atoms with Crippen molar-refractivity contribution in [3.8, 4) is 0 Å². The lowest BCUT2D eigenvalue weighted by Crippen LogP contribution is -2.51. The molecule has 2 fully saturated rings. The van der Waals surface area contributed by atoms with Gasteiger partial charge in [-0.3, -0.25) is 19.9 Å². The lowest BCUT2D eigenvalue weighted by Gasteiger charge is -2.39. The van der Waals surface area contributed by atoms with Gasteiger partial charge in [-0.15, -0.1) is 0 Å². The minimum absolute atomic E-state index is 0.256. The predicted molar refractivity (Wildman–Crippen MR) is 156 cm³/mol. The minimum atomic E-state index is -0.397. The number of carbonyl (C=O) groups excluding carboxylic acids is 2. The van der Waals surface area contributed by atoms with E-state index in [1.165, 1.54) is 12.1 Å². The van der Waals surface area contributed by atoms with Gasteiger partial charge < -0.3 is 10.2 Å². The molecule has 2 saturated heterocycles. The van der Waals surface area contributed by atoms with Crippen LogP contribution < -0.4 is 15.5 Å². The Morgan fingerprint density at radius 3 is 2.69 bits per heavy atom. The maximum Gasteiger partial charge on any atom is 0.290 e. The first-order valence-electron chi connectivity index (χ1n) is 11.2. The van der Waals surface area contributed by atoms with Crippen LogP contribution >= 0.6 is 56.9 Å². The monoisotopic (exact) mass is 730 g/mol. The second-order valence-corrected chi connectivity index (χ2v) is 12.7. The number of benzene rings is 1. The Bertz CT molecular complexity index is 1350. The van der Waals surface area contributed by atoms with E-state index < -0.39 is 5.91 Å².